The van der Waals surface area contributed by atoms with Crippen LogP contribution in [0.5, 0.6) is 11.5 Å². The van der Waals surface area contributed by atoms with E-state index < -0.39 is 18.0 Å². The molecule has 0 bridgehead atoms. The van der Waals surface area contributed by atoms with E-state index in [1.54, 1.807) is 12.1 Å². The molecule has 1 saturated heterocycles. The van der Waals surface area contributed by atoms with E-state index in [1.165, 1.54) is 18.7 Å². The maximum absolute atomic E-state index is 14.2. The molecule has 0 unspecified atom stereocenters. The van der Waals surface area contributed by atoms with Gasteiger partial charge in [0.15, 0.2) is 22.5 Å². The van der Waals surface area contributed by atoms with Crippen LogP contribution in [0.25, 0.3) is 0 Å². The molecule has 2 aliphatic heterocycles. The molecule has 5 rings (SSSR count). The Morgan fingerprint density at radius 1 is 1.07 bits per heavy atom. The predicted octanol–water partition coefficient (Wildman–Crippen LogP) is 5.52. The molecule has 1 aromatic heterocycles. The van der Waals surface area contributed by atoms with Gasteiger partial charge in [0.05, 0.1) is 18.5 Å². The van der Waals surface area contributed by atoms with Crippen molar-refractivity contribution < 1.29 is 36.9 Å². The van der Waals surface area contributed by atoms with Crippen molar-refractivity contribution >= 4 is 23.4 Å². The molecule has 2 aromatic carbocycles. The number of carboxylic acids is 1. The third kappa shape index (κ3) is 8.20. The standard InChI is InChI=1S/C26H28ClFN4O2.C2HF3O2/c1-33-20-7-8-24(21(28)15-20)34-19-9-13-32(14-10-19)26-25(27)29-23-17-31(12-11-22(23)30-26)16-18-5-3-2-4-6-18;3-2(4,5)1(6)7/h2-8,15,19H,9-14,16-17H2,1H3;(H,6,7). The van der Waals surface area contributed by atoms with Gasteiger partial charge >= 0.3 is 12.1 Å². The normalized spacial score (nSPS) is 15.9. The number of nitrogens with zero attached hydrogens (tertiary/aromatic N) is 4. The van der Waals surface area contributed by atoms with Gasteiger partial charge in [-0.2, -0.15) is 13.2 Å². The summed E-state index contributed by atoms with van der Waals surface area (Å²) in [7, 11) is 1.51. The first kappa shape index (κ1) is 30.3. The number of hydrogen-bond donors (Lipinski definition) is 1. The molecule has 0 aliphatic carbocycles. The highest BCUT2D eigenvalue weighted by atomic mass is 35.5. The van der Waals surface area contributed by atoms with Crippen molar-refractivity contribution in [2.24, 2.45) is 0 Å². The third-order valence-electron chi connectivity index (χ3n) is 6.70. The minimum atomic E-state index is -5.08. The van der Waals surface area contributed by atoms with Gasteiger partial charge in [-0.3, -0.25) is 4.90 Å². The predicted molar refractivity (Wildman–Crippen MR) is 144 cm³/mol. The van der Waals surface area contributed by atoms with E-state index in [1.807, 2.05) is 6.07 Å². The number of aromatic nitrogens is 2. The van der Waals surface area contributed by atoms with Crippen molar-refractivity contribution in [2.75, 3.05) is 31.6 Å². The van der Waals surface area contributed by atoms with Crippen LogP contribution < -0.4 is 14.4 Å². The van der Waals surface area contributed by atoms with E-state index >= 15 is 0 Å². The molecule has 0 saturated carbocycles. The molecule has 0 spiro atoms. The zero-order chi connectivity index (χ0) is 29.6. The number of carboxylic acid groups (broad SMARTS) is 1. The fraction of sp³-hybridized carbons (Fsp3) is 0.393. The van der Waals surface area contributed by atoms with Crippen LogP contribution in [0.3, 0.4) is 0 Å². The minimum Gasteiger partial charge on any atom is -0.497 e. The van der Waals surface area contributed by atoms with Gasteiger partial charge in [0.1, 0.15) is 11.9 Å². The Labute approximate surface area is 239 Å². The average Bonchev–Trinajstić information content (AvgIpc) is 2.94. The third-order valence-corrected chi connectivity index (χ3v) is 6.95. The first-order valence-corrected chi connectivity index (χ1v) is 13.3. The summed E-state index contributed by atoms with van der Waals surface area (Å²) in [5.41, 5.74) is 3.28. The smallest absolute Gasteiger partial charge is 0.490 e. The maximum Gasteiger partial charge on any atom is 0.490 e. The SMILES string of the molecule is COc1ccc(OC2CCN(c3nc4c(nc3Cl)CN(Cc3ccccc3)CC4)CC2)c(F)c1.O=C(O)C(F)(F)F. The molecule has 0 amide bonds. The van der Waals surface area contributed by atoms with E-state index in [0.29, 0.717) is 10.9 Å². The van der Waals surface area contributed by atoms with E-state index in [9.17, 15) is 17.6 Å². The highest BCUT2D eigenvalue weighted by molar-refractivity contribution is 6.31. The summed E-state index contributed by atoms with van der Waals surface area (Å²) >= 11 is 6.59. The lowest BCUT2D eigenvalue weighted by atomic mass is 10.1. The summed E-state index contributed by atoms with van der Waals surface area (Å²) in [6, 6.07) is 15.1. The fourth-order valence-electron chi connectivity index (χ4n) is 4.60. The summed E-state index contributed by atoms with van der Waals surface area (Å²) in [6.07, 6.45) is -2.78. The Balaban J connectivity index is 0.000000493. The summed E-state index contributed by atoms with van der Waals surface area (Å²) in [5, 5.41) is 7.57. The summed E-state index contributed by atoms with van der Waals surface area (Å²) in [6.45, 7) is 4.05. The van der Waals surface area contributed by atoms with Crippen molar-refractivity contribution in [2.45, 2.75) is 44.6 Å². The van der Waals surface area contributed by atoms with Crippen molar-refractivity contribution in [3.63, 3.8) is 0 Å². The van der Waals surface area contributed by atoms with Gasteiger partial charge in [0, 0.05) is 58.1 Å². The van der Waals surface area contributed by atoms with E-state index in [-0.39, 0.29) is 11.9 Å². The highest BCUT2D eigenvalue weighted by Gasteiger charge is 2.38. The van der Waals surface area contributed by atoms with Crippen molar-refractivity contribution in [3.05, 3.63) is 76.5 Å². The van der Waals surface area contributed by atoms with Crippen LogP contribution >= 0.6 is 11.6 Å². The number of ether oxygens (including phenoxy) is 2. The van der Waals surface area contributed by atoms with Crippen molar-refractivity contribution in [3.8, 4) is 11.5 Å². The average molecular weight is 597 g/mol. The van der Waals surface area contributed by atoms with Crippen molar-refractivity contribution in [1.29, 1.82) is 0 Å². The Morgan fingerprint density at radius 2 is 1.76 bits per heavy atom. The molecule has 8 nitrogen and oxygen atoms in total. The lowest BCUT2D eigenvalue weighted by Crippen LogP contribution is -2.39. The first-order chi connectivity index (χ1) is 19.5. The largest absolute Gasteiger partial charge is 0.497 e. The molecule has 1 fully saturated rings. The molecule has 0 radical (unpaired) electrons. The topological polar surface area (TPSA) is 88.0 Å². The van der Waals surface area contributed by atoms with Gasteiger partial charge < -0.3 is 19.5 Å². The number of anilines is 1. The number of rotatable bonds is 6. The number of halogens is 5. The quantitative estimate of drug-likeness (QED) is 0.373. The second kappa shape index (κ2) is 13.3. The molecule has 3 aromatic rings. The first-order valence-electron chi connectivity index (χ1n) is 12.9. The summed E-state index contributed by atoms with van der Waals surface area (Å²) in [4.78, 5) is 23.1. The Kier molecular flexibility index (Phi) is 9.87. The van der Waals surface area contributed by atoms with E-state index in [4.69, 9.17) is 40.9 Å². The number of carbonyl (C=O) groups is 1. The number of fused-ring (bicyclic) bond motifs is 1. The van der Waals surface area contributed by atoms with Gasteiger partial charge in [-0.15, -0.1) is 0 Å². The van der Waals surface area contributed by atoms with Crippen LogP contribution in [0.4, 0.5) is 23.4 Å². The van der Waals surface area contributed by atoms with Gasteiger partial charge in [0.2, 0.25) is 0 Å². The summed E-state index contributed by atoms with van der Waals surface area (Å²) < 4.78 is 57.0. The zero-order valence-electron chi connectivity index (χ0n) is 22.2. The molecular weight excluding hydrogens is 568 g/mol. The number of aliphatic carboxylic acids is 1. The lowest BCUT2D eigenvalue weighted by molar-refractivity contribution is -0.192. The Hall–Kier alpha value is -3.64. The second-order valence-electron chi connectivity index (χ2n) is 9.58. The van der Waals surface area contributed by atoms with Gasteiger partial charge in [0.25, 0.3) is 0 Å². The van der Waals surface area contributed by atoms with E-state index in [0.717, 1.165) is 69.2 Å². The van der Waals surface area contributed by atoms with Crippen LogP contribution in [0, 0.1) is 5.82 Å². The monoisotopic (exact) mass is 596 g/mol. The molecule has 2 aliphatic rings. The van der Waals surface area contributed by atoms with Crippen LogP contribution in [-0.4, -0.2) is 65.0 Å². The number of alkyl halides is 3. The maximum atomic E-state index is 14.2. The number of piperidine rings is 1. The molecule has 41 heavy (non-hydrogen) atoms. The van der Waals surface area contributed by atoms with Crippen LogP contribution in [-0.2, 0) is 24.3 Å². The molecular formula is C28H29ClF4N4O4. The molecule has 1 N–H and O–H groups in total. The second-order valence-corrected chi connectivity index (χ2v) is 9.94. The van der Waals surface area contributed by atoms with Crippen LogP contribution in [0.2, 0.25) is 5.15 Å². The summed E-state index contributed by atoms with van der Waals surface area (Å²) in [5.74, 6) is -1.69. The van der Waals surface area contributed by atoms with Gasteiger partial charge in [-0.05, 0) is 17.7 Å². The van der Waals surface area contributed by atoms with Crippen LogP contribution in [0.15, 0.2) is 48.5 Å². The minimum absolute atomic E-state index is 0.0601. The lowest BCUT2D eigenvalue weighted by Gasteiger charge is -2.34. The van der Waals surface area contributed by atoms with Gasteiger partial charge in [-0.25, -0.2) is 19.2 Å². The molecule has 13 heteroatoms. The Bertz CT molecular complexity index is 1340. The Morgan fingerprint density at radius 3 is 2.37 bits per heavy atom. The zero-order valence-corrected chi connectivity index (χ0v) is 23.0. The number of hydrogen-bond acceptors (Lipinski definition) is 7. The number of methoxy groups -OCH3 is 1. The van der Waals surface area contributed by atoms with E-state index in [2.05, 4.69) is 34.1 Å². The molecule has 220 valence electrons. The highest BCUT2D eigenvalue weighted by Crippen LogP contribution is 2.31. The molecule has 3 heterocycles. The fourth-order valence-corrected chi connectivity index (χ4v) is 4.86. The van der Waals surface area contributed by atoms with Crippen molar-refractivity contribution in [1.82, 2.24) is 14.9 Å². The molecule has 0 atom stereocenters. The van der Waals surface area contributed by atoms with Crippen LogP contribution in [0.1, 0.15) is 29.8 Å². The van der Waals surface area contributed by atoms with Gasteiger partial charge in [-0.1, -0.05) is 41.9 Å². The number of benzene rings is 2.